The lowest BCUT2D eigenvalue weighted by Gasteiger charge is -2.10. The van der Waals surface area contributed by atoms with Crippen molar-refractivity contribution in [2.75, 3.05) is 0 Å². The molecule has 3 rings (SSSR count). The lowest BCUT2D eigenvalue weighted by molar-refractivity contribution is 0.994. The van der Waals surface area contributed by atoms with E-state index >= 15 is 0 Å². The molecular weight excluding hydrogens is 264 g/mol. The Hall–Kier alpha value is -2.34. The van der Waals surface area contributed by atoms with Crippen LogP contribution in [-0.4, -0.2) is 0 Å². The lowest BCUT2D eigenvalue weighted by Crippen LogP contribution is -1.93. The summed E-state index contributed by atoms with van der Waals surface area (Å²) in [5, 5.41) is 0. The van der Waals surface area contributed by atoms with Crippen LogP contribution >= 0.6 is 0 Å². The molecule has 0 heteroatoms. The van der Waals surface area contributed by atoms with E-state index in [-0.39, 0.29) is 0 Å². The third-order valence-electron chi connectivity index (χ3n) is 4.10. The van der Waals surface area contributed by atoms with Gasteiger partial charge in [-0.2, -0.15) is 0 Å². The molecule has 0 aliphatic heterocycles. The minimum absolute atomic E-state index is 0.911. The highest BCUT2D eigenvalue weighted by atomic mass is 14.1. The first-order valence-electron chi connectivity index (χ1n) is 7.98. The predicted octanol–water partition coefficient (Wildman–Crippen LogP) is 5.76. The molecule has 0 N–H and O–H groups in total. The van der Waals surface area contributed by atoms with Gasteiger partial charge in [-0.1, -0.05) is 79.4 Å². The first kappa shape index (κ1) is 14.6. The molecule has 0 saturated heterocycles. The quantitative estimate of drug-likeness (QED) is 0.655. The Bertz CT molecular complexity index is 685. The molecule has 0 saturated carbocycles. The van der Waals surface area contributed by atoms with E-state index in [2.05, 4.69) is 79.4 Å². The second kappa shape index (κ2) is 7.09. The monoisotopic (exact) mass is 286 g/mol. The predicted molar refractivity (Wildman–Crippen MR) is 95.8 cm³/mol. The van der Waals surface area contributed by atoms with Gasteiger partial charge in [0, 0.05) is 0 Å². The van der Waals surface area contributed by atoms with Crippen LogP contribution in [0.4, 0.5) is 0 Å². The third-order valence-corrected chi connectivity index (χ3v) is 4.10. The smallest absolute Gasteiger partial charge is 0.00257 e. The Morgan fingerprint density at radius 1 is 0.864 bits per heavy atom. The summed E-state index contributed by atoms with van der Waals surface area (Å²) in [7, 11) is 0. The fraction of sp³-hybridized carbons (Fsp3) is 0.182. The molecule has 110 valence electrons. The van der Waals surface area contributed by atoms with Crippen LogP contribution in [0, 0.1) is 0 Å². The third kappa shape index (κ3) is 3.85. The summed E-state index contributed by atoms with van der Waals surface area (Å²) in [4.78, 5) is 0. The molecule has 0 bridgehead atoms. The molecule has 1 aliphatic carbocycles. The van der Waals surface area contributed by atoms with Gasteiger partial charge in [-0.05, 0) is 53.5 Å². The SMILES string of the molecule is C=C(Cc1ccccc1)c1ccc(CC2=CCCC=C2)cc1. The van der Waals surface area contributed by atoms with Crippen molar-refractivity contribution in [2.45, 2.75) is 25.7 Å². The van der Waals surface area contributed by atoms with E-state index in [0.29, 0.717) is 0 Å². The van der Waals surface area contributed by atoms with Crippen molar-refractivity contribution in [3.8, 4) is 0 Å². The molecule has 0 atom stereocenters. The van der Waals surface area contributed by atoms with Gasteiger partial charge in [-0.15, -0.1) is 0 Å². The summed E-state index contributed by atoms with van der Waals surface area (Å²) in [6, 6.07) is 19.4. The average Bonchev–Trinajstić information content (AvgIpc) is 2.57. The molecular formula is C22H22. The van der Waals surface area contributed by atoms with E-state index in [9.17, 15) is 0 Å². The Balaban J connectivity index is 1.64. The van der Waals surface area contributed by atoms with Crippen molar-refractivity contribution in [3.63, 3.8) is 0 Å². The average molecular weight is 286 g/mol. The first-order valence-corrected chi connectivity index (χ1v) is 7.98. The van der Waals surface area contributed by atoms with Crippen LogP contribution in [-0.2, 0) is 12.8 Å². The van der Waals surface area contributed by atoms with Crippen LogP contribution in [0.3, 0.4) is 0 Å². The number of hydrogen-bond acceptors (Lipinski definition) is 0. The topological polar surface area (TPSA) is 0 Å². The van der Waals surface area contributed by atoms with Gasteiger partial charge in [0.15, 0.2) is 0 Å². The molecule has 0 amide bonds. The number of hydrogen-bond donors (Lipinski definition) is 0. The van der Waals surface area contributed by atoms with E-state index in [1.807, 2.05) is 0 Å². The highest BCUT2D eigenvalue weighted by Crippen LogP contribution is 2.20. The lowest BCUT2D eigenvalue weighted by atomic mass is 9.96. The maximum atomic E-state index is 4.24. The van der Waals surface area contributed by atoms with Crippen molar-refractivity contribution in [1.82, 2.24) is 0 Å². The van der Waals surface area contributed by atoms with Gasteiger partial charge in [0.25, 0.3) is 0 Å². The second-order valence-corrected chi connectivity index (χ2v) is 5.90. The van der Waals surface area contributed by atoms with E-state index in [4.69, 9.17) is 0 Å². The Morgan fingerprint density at radius 3 is 2.32 bits per heavy atom. The van der Waals surface area contributed by atoms with Crippen molar-refractivity contribution in [3.05, 3.63) is 102 Å². The van der Waals surface area contributed by atoms with E-state index < -0.39 is 0 Å². The summed E-state index contributed by atoms with van der Waals surface area (Å²) >= 11 is 0. The minimum atomic E-state index is 0.911. The molecule has 0 nitrogen and oxygen atoms in total. The second-order valence-electron chi connectivity index (χ2n) is 5.90. The molecule has 2 aromatic rings. The molecule has 0 spiro atoms. The van der Waals surface area contributed by atoms with Gasteiger partial charge in [-0.25, -0.2) is 0 Å². The normalized spacial score (nSPS) is 13.7. The van der Waals surface area contributed by atoms with Crippen LogP contribution < -0.4 is 0 Å². The van der Waals surface area contributed by atoms with E-state index in [0.717, 1.165) is 12.8 Å². The first-order chi connectivity index (χ1) is 10.8. The maximum absolute atomic E-state index is 4.24. The standard InChI is InChI=1S/C22H22/c1-18(16-19-8-4-2-5-9-19)22-14-12-21(13-15-22)17-20-10-6-3-7-11-20/h2,4-6,8-15H,1,3,7,16-17H2. The zero-order valence-corrected chi connectivity index (χ0v) is 13.0. The van der Waals surface area contributed by atoms with E-state index in [1.165, 1.54) is 40.7 Å². The van der Waals surface area contributed by atoms with Crippen LogP contribution in [0.15, 0.2) is 85.0 Å². The molecule has 1 aliphatic rings. The fourth-order valence-corrected chi connectivity index (χ4v) is 2.84. The van der Waals surface area contributed by atoms with Gasteiger partial charge >= 0.3 is 0 Å². The number of allylic oxidation sites excluding steroid dienone is 5. The van der Waals surface area contributed by atoms with Gasteiger partial charge in [-0.3, -0.25) is 0 Å². The molecule has 0 aromatic heterocycles. The zero-order chi connectivity index (χ0) is 15.2. The molecule has 0 unspecified atom stereocenters. The van der Waals surface area contributed by atoms with Gasteiger partial charge in [0.1, 0.15) is 0 Å². The van der Waals surface area contributed by atoms with Crippen molar-refractivity contribution >= 4 is 5.57 Å². The summed E-state index contributed by atoms with van der Waals surface area (Å²) in [5.41, 5.74) is 6.53. The number of benzene rings is 2. The maximum Gasteiger partial charge on any atom is -0.00257 e. The Kier molecular flexibility index (Phi) is 4.70. The number of rotatable bonds is 5. The highest BCUT2D eigenvalue weighted by molar-refractivity contribution is 5.65. The van der Waals surface area contributed by atoms with Gasteiger partial charge in [0.05, 0.1) is 0 Å². The van der Waals surface area contributed by atoms with Crippen LogP contribution in [0.25, 0.3) is 5.57 Å². The fourth-order valence-electron chi connectivity index (χ4n) is 2.84. The molecule has 2 aromatic carbocycles. The zero-order valence-electron chi connectivity index (χ0n) is 13.0. The van der Waals surface area contributed by atoms with Crippen molar-refractivity contribution in [2.24, 2.45) is 0 Å². The van der Waals surface area contributed by atoms with Gasteiger partial charge in [0.2, 0.25) is 0 Å². The molecule has 0 radical (unpaired) electrons. The molecule has 0 fully saturated rings. The molecule has 0 heterocycles. The summed E-state index contributed by atoms with van der Waals surface area (Å²) in [6.45, 7) is 4.24. The minimum Gasteiger partial charge on any atom is -0.0949 e. The summed E-state index contributed by atoms with van der Waals surface area (Å²) in [5.74, 6) is 0. The Labute approximate surface area is 133 Å². The largest absolute Gasteiger partial charge is 0.0949 e. The van der Waals surface area contributed by atoms with E-state index in [1.54, 1.807) is 0 Å². The highest BCUT2D eigenvalue weighted by Gasteiger charge is 2.03. The summed E-state index contributed by atoms with van der Waals surface area (Å²) < 4.78 is 0. The van der Waals surface area contributed by atoms with Crippen molar-refractivity contribution < 1.29 is 0 Å². The Morgan fingerprint density at radius 2 is 1.64 bits per heavy atom. The van der Waals surface area contributed by atoms with Gasteiger partial charge < -0.3 is 0 Å². The van der Waals surface area contributed by atoms with Crippen LogP contribution in [0.5, 0.6) is 0 Å². The van der Waals surface area contributed by atoms with Crippen molar-refractivity contribution in [1.29, 1.82) is 0 Å². The molecule has 22 heavy (non-hydrogen) atoms. The van der Waals surface area contributed by atoms with Crippen LogP contribution in [0.1, 0.15) is 29.5 Å². The van der Waals surface area contributed by atoms with Crippen LogP contribution in [0.2, 0.25) is 0 Å². The summed E-state index contributed by atoms with van der Waals surface area (Å²) in [6.07, 6.45) is 11.2.